The van der Waals surface area contributed by atoms with Gasteiger partial charge in [-0.2, -0.15) is 5.10 Å². The number of ether oxygens (including phenoxy) is 1. The third-order valence-corrected chi connectivity index (χ3v) is 3.34. The third-order valence-electron chi connectivity index (χ3n) is 3.34. The molecule has 100 valence electrons. The summed E-state index contributed by atoms with van der Waals surface area (Å²) >= 11 is 0. The summed E-state index contributed by atoms with van der Waals surface area (Å²) in [5.74, 6) is 0.802. The van der Waals surface area contributed by atoms with Gasteiger partial charge in [0.1, 0.15) is 5.82 Å². The Morgan fingerprint density at radius 1 is 1.42 bits per heavy atom. The molecule has 1 atom stereocenters. The van der Waals surface area contributed by atoms with Crippen LogP contribution in [0.4, 0.5) is 0 Å². The Morgan fingerprint density at radius 3 is 3.00 bits per heavy atom. The maximum atomic E-state index is 5.57. The summed E-state index contributed by atoms with van der Waals surface area (Å²) in [5, 5.41) is 7.05. The van der Waals surface area contributed by atoms with Crippen molar-refractivity contribution in [2.45, 2.75) is 19.5 Å². The minimum atomic E-state index is 0.220. The summed E-state index contributed by atoms with van der Waals surface area (Å²) in [5.41, 5.74) is 2.21. The summed E-state index contributed by atoms with van der Waals surface area (Å²) in [7, 11) is 0. The van der Waals surface area contributed by atoms with Gasteiger partial charge in [-0.15, -0.1) is 0 Å². The van der Waals surface area contributed by atoms with Crippen LogP contribution < -0.4 is 0 Å². The van der Waals surface area contributed by atoms with E-state index >= 15 is 0 Å². The molecule has 2 aromatic heterocycles. The topological polar surface area (TPSA) is 66.9 Å². The molecule has 3 rings (SSSR count). The van der Waals surface area contributed by atoms with Gasteiger partial charge in [0, 0.05) is 37.2 Å². The van der Waals surface area contributed by atoms with E-state index in [1.54, 1.807) is 6.20 Å². The zero-order chi connectivity index (χ0) is 13.1. The normalized spacial score (nSPS) is 20.6. The van der Waals surface area contributed by atoms with E-state index in [2.05, 4.69) is 25.1 Å². The van der Waals surface area contributed by atoms with Gasteiger partial charge >= 0.3 is 0 Å². The molecule has 0 bridgehead atoms. The SMILES string of the molecule is Cc1ncc(CN2CCOCC2c2ccn[nH]2)cn1. The molecule has 6 nitrogen and oxygen atoms in total. The van der Waals surface area contributed by atoms with Crippen molar-refractivity contribution in [2.24, 2.45) is 0 Å². The van der Waals surface area contributed by atoms with Gasteiger partial charge in [0.25, 0.3) is 0 Å². The van der Waals surface area contributed by atoms with Crippen LogP contribution in [-0.2, 0) is 11.3 Å². The number of H-pyrrole nitrogens is 1. The molecule has 3 heterocycles. The second-order valence-corrected chi connectivity index (χ2v) is 4.71. The fourth-order valence-electron chi connectivity index (χ4n) is 2.30. The summed E-state index contributed by atoms with van der Waals surface area (Å²) in [6.45, 7) is 5.07. The number of hydrogen-bond donors (Lipinski definition) is 1. The molecule has 1 fully saturated rings. The monoisotopic (exact) mass is 259 g/mol. The zero-order valence-electron chi connectivity index (χ0n) is 10.9. The zero-order valence-corrected chi connectivity index (χ0v) is 10.9. The van der Waals surface area contributed by atoms with Crippen LogP contribution in [0.25, 0.3) is 0 Å². The van der Waals surface area contributed by atoms with Crippen molar-refractivity contribution < 1.29 is 4.74 Å². The molecule has 1 unspecified atom stereocenters. The van der Waals surface area contributed by atoms with Crippen molar-refractivity contribution in [2.75, 3.05) is 19.8 Å². The first kappa shape index (κ1) is 12.3. The molecule has 19 heavy (non-hydrogen) atoms. The van der Waals surface area contributed by atoms with E-state index in [1.165, 1.54) is 0 Å². The first-order chi connectivity index (χ1) is 9.33. The van der Waals surface area contributed by atoms with Gasteiger partial charge in [-0.05, 0) is 13.0 Å². The number of hydrogen-bond acceptors (Lipinski definition) is 5. The molecule has 0 aliphatic carbocycles. The number of nitrogens with zero attached hydrogens (tertiary/aromatic N) is 4. The molecule has 6 heteroatoms. The van der Waals surface area contributed by atoms with Crippen LogP contribution in [0, 0.1) is 6.92 Å². The molecule has 1 aliphatic rings. The van der Waals surface area contributed by atoms with Crippen molar-refractivity contribution in [3.05, 3.63) is 41.7 Å². The lowest BCUT2D eigenvalue weighted by molar-refractivity contribution is -0.0143. The lowest BCUT2D eigenvalue weighted by Gasteiger charge is -2.34. The number of rotatable bonds is 3. The van der Waals surface area contributed by atoms with Crippen LogP contribution in [0.1, 0.15) is 23.1 Å². The Balaban J connectivity index is 1.75. The number of aromatic nitrogens is 4. The van der Waals surface area contributed by atoms with Crippen molar-refractivity contribution >= 4 is 0 Å². The third kappa shape index (κ3) is 2.80. The van der Waals surface area contributed by atoms with Crippen molar-refractivity contribution in [3.63, 3.8) is 0 Å². The molecule has 0 spiro atoms. The summed E-state index contributed by atoms with van der Waals surface area (Å²) in [6, 6.07) is 2.22. The van der Waals surface area contributed by atoms with E-state index in [9.17, 15) is 0 Å². The largest absolute Gasteiger partial charge is 0.378 e. The molecule has 1 N–H and O–H groups in total. The molecule has 0 radical (unpaired) electrons. The Bertz CT molecular complexity index is 510. The first-order valence-corrected chi connectivity index (χ1v) is 6.41. The van der Waals surface area contributed by atoms with Gasteiger partial charge in [-0.1, -0.05) is 0 Å². The van der Waals surface area contributed by atoms with Gasteiger partial charge in [-0.25, -0.2) is 9.97 Å². The lowest BCUT2D eigenvalue weighted by Crippen LogP contribution is -2.39. The van der Waals surface area contributed by atoms with Crippen LogP contribution >= 0.6 is 0 Å². The van der Waals surface area contributed by atoms with E-state index in [0.717, 1.165) is 36.8 Å². The number of morpholine rings is 1. The fraction of sp³-hybridized carbons (Fsp3) is 0.462. The minimum absolute atomic E-state index is 0.220. The second-order valence-electron chi connectivity index (χ2n) is 4.71. The molecule has 2 aromatic rings. The van der Waals surface area contributed by atoms with Gasteiger partial charge < -0.3 is 4.74 Å². The molecule has 0 saturated carbocycles. The summed E-state index contributed by atoms with van der Waals surface area (Å²) < 4.78 is 5.57. The highest BCUT2D eigenvalue weighted by atomic mass is 16.5. The van der Waals surface area contributed by atoms with Gasteiger partial charge in [0.15, 0.2) is 0 Å². The van der Waals surface area contributed by atoms with E-state index in [-0.39, 0.29) is 6.04 Å². The molecule has 1 saturated heterocycles. The number of nitrogens with one attached hydrogen (secondary N) is 1. The fourth-order valence-corrected chi connectivity index (χ4v) is 2.30. The standard InChI is InChI=1S/C13H17N5O/c1-10-14-6-11(7-15-10)8-18-4-5-19-9-13(18)12-2-3-16-17-12/h2-3,6-7,13H,4-5,8-9H2,1H3,(H,16,17). The lowest BCUT2D eigenvalue weighted by atomic mass is 10.1. The maximum Gasteiger partial charge on any atom is 0.125 e. The molecular formula is C13H17N5O. The van der Waals surface area contributed by atoms with Gasteiger partial charge in [-0.3, -0.25) is 10.00 Å². The molecule has 0 aromatic carbocycles. The summed E-state index contributed by atoms with van der Waals surface area (Å²) in [4.78, 5) is 10.9. The molecule has 0 amide bonds. The van der Waals surface area contributed by atoms with Gasteiger partial charge in [0.2, 0.25) is 0 Å². The van der Waals surface area contributed by atoms with Crippen LogP contribution in [0.3, 0.4) is 0 Å². The Labute approximate surface area is 111 Å². The average molecular weight is 259 g/mol. The Kier molecular flexibility index (Phi) is 3.52. The highest BCUT2D eigenvalue weighted by Gasteiger charge is 2.25. The van der Waals surface area contributed by atoms with Crippen LogP contribution in [0.5, 0.6) is 0 Å². The van der Waals surface area contributed by atoms with E-state index < -0.39 is 0 Å². The smallest absolute Gasteiger partial charge is 0.125 e. The Morgan fingerprint density at radius 2 is 2.26 bits per heavy atom. The van der Waals surface area contributed by atoms with E-state index in [1.807, 2.05) is 25.4 Å². The molecule has 1 aliphatic heterocycles. The maximum absolute atomic E-state index is 5.57. The van der Waals surface area contributed by atoms with Crippen LogP contribution in [0.2, 0.25) is 0 Å². The minimum Gasteiger partial charge on any atom is -0.378 e. The predicted molar refractivity (Wildman–Crippen MR) is 69.3 cm³/mol. The van der Waals surface area contributed by atoms with Gasteiger partial charge in [0.05, 0.1) is 24.9 Å². The van der Waals surface area contributed by atoms with E-state index in [4.69, 9.17) is 4.74 Å². The molecular weight excluding hydrogens is 242 g/mol. The quantitative estimate of drug-likeness (QED) is 0.893. The number of aryl methyl sites for hydroxylation is 1. The van der Waals surface area contributed by atoms with Crippen molar-refractivity contribution in [3.8, 4) is 0 Å². The Hall–Kier alpha value is -1.79. The second kappa shape index (κ2) is 5.46. The predicted octanol–water partition coefficient (Wildman–Crippen LogP) is 1.08. The highest BCUT2D eigenvalue weighted by molar-refractivity contribution is 5.09. The van der Waals surface area contributed by atoms with Crippen molar-refractivity contribution in [1.29, 1.82) is 0 Å². The van der Waals surface area contributed by atoms with Crippen LogP contribution in [0.15, 0.2) is 24.7 Å². The van der Waals surface area contributed by atoms with E-state index in [0.29, 0.717) is 6.61 Å². The first-order valence-electron chi connectivity index (χ1n) is 6.41. The summed E-state index contributed by atoms with van der Waals surface area (Å²) in [6.07, 6.45) is 5.56. The van der Waals surface area contributed by atoms with Crippen molar-refractivity contribution in [1.82, 2.24) is 25.1 Å². The number of aromatic amines is 1. The van der Waals surface area contributed by atoms with Crippen LogP contribution in [-0.4, -0.2) is 44.8 Å². The highest BCUT2D eigenvalue weighted by Crippen LogP contribution is 2.23. The average Bonchev–Trinajstić information content (AvgIpc) is 2.96.